The van der Waals surface area contributed by atoms with E-state index >= 15 is 0 Å². The predicted octanol–water partition coefficient (Wildman–Crippen LogP) is 2.99. The number of hydrogen-bond acceptors (Lipinski definition) is 5. The molecule has 1 aromatic rings. The molecule has 0 aromatic heterocycles. The highest BCUT2D eigenvalue weighted by molar-refractivity contribution is 7.90. The lowest BCUT2D eigenvalue weighted by molar-refractivity contribution is -0.384. The van der Waals surface area contributed by atoms with Crippen molar-refractivity contribution in [3.05, 3.63) is 28.3 Å². The van der Waals surface area contributed by atoms with Crippen molar-refractivity contribution in [1.29, 1.82) is 0 Å². The Morgan fingerprint density at radius 2 is 2.00 bits per heavy atom. The van der Waals surface area contributed by atoms with Crippen LogP contribution in [0.15, 0.2) is 23.1 Å². The van der Waals surface area contributed by atoms with Crippen molar-refractivity contribution < 1.29 is 13.3 Å². The third-order valence-corrected chi connectivity index (χ3v) is 4.19. The number of hydrogen-bond donors (Lipinski definition) is 1. The zero-order valence-electron chi connectivity index (χ0n) is 11.9. The molecule has 20 heavy (non-hydrogen) atoms. The molecule has 6 nitrogen and oxygen atoms in total. The van der Waals surface area contributed by atoms with Gasteiger partial charge in [-0.1, -0.05) is 20.3 Å². The van der Waals surface area contributed by atoms with Crippen LogP contribution in [-0.2, 0) is 9.84 Å². The van der Waals surface area contributed by atoms with Crippen molar-refractivity contribution in [3.8, 4) is 0 Å². The summed E-state index contributed by atoms with van der Waals surface area (Å²) in [6.07, 6.45) is 3.76. The number of sulfone groups is 1. The number of nitrogens with one attached hydrogen (secondary N) is 1. The Labute approximate surface area is 119 Å². The Morgan fingerprint density at radius 3 is 2.45 bits per heavy atom. The van der Waals surface area contributed by atoms with Crippen molar-refractivity contribution in [2.75, 3.05) is 11.6 Å². The molecule has 1 atom stereocenters. The van der Waals surface area contributed by atoms with Gasteiger partial charge < -0.3 is 5.32 Å². The topological polar surface area (TPSA) is 89.3 Å². The van der Waals surface area contributed by atoms with Crippen LogP contribution in [-0.4, -0.2) is 25.6 Å². The van der Waals surface area contributed by atoms with Crippen LogP contribution in [0, 0.1) is 10.1 Å². The Morgan fingerprint density at radius 1 is 1.35 bits per heavy atom. The zero-order chi connectivity index (χ0) is 15.3. The normalized spacial score (nSPS) is 12.9. The minimum absolute atomic E-state index is 0.0433. The van der Waals surface area contributed by atoms with Crippen LogP contribution < -0.4 is 5.32 Å². The molecule has 0 heterocycles. The van der Waals surface area contributed by atoms with Gasteiger partial charge in [0.1, 0.15) is 5.69 Å². The molecule has 0 aliphatic rings. The van der Waals surface area contributed by atoms with Crippen LogP contribution in [0.5, 0.6) is 0 Å². The minimum atomic E-state index is -3.45. The smallest absolute Gasteiger partial charge is 0.293 e. The van der Waals surface area contributed by atoms with Crippen molar-refractivity contribution in [1.82, 2.24) is 0 Å². The number of nitro groups is 1. The molecule has 0 fully saturated rings. The van der Waals surface area contributed by atoms with Crippen LogP contribution >= 0.6 is 0 Å². The number of nitro benzene ring substituents is 1. The molecule has 0 saturated heterocycles. The molecule has 0 spiro atoms. The first-order chi connectivity index (χ1) is 9.29. The van der Waals surface area contributed by atoms with E-state index in [0.717, 1.165) is 31.6 Å². The molecule has 1 N–H and O–H groups in total. The largest absolute Gasteiger partial charge is 0.377 e. The second-order valence-electron chi connectivity index (χ2n) is 4.75. The van der Waals surface area contributed by atoms with Crippen molar-refractivity contribution in [2.24, 2.45) is 0 Å². The van der Waals surface area contributed by atoms with E-state index in [1.165, 1.54) is 12.1 Å². The van der Waals surface area contributed by atoms with Gasteiger partial charge in [0.05, 0.1) is 9.82 Å². The highest BCUT2D eigenvalue weighted by Gasteiger charge is 2.20. The van der Waals surface area contributed by atoms with Gasteiger partial charge in [0, 0.05) is 18.4 Å². The molecule has 1 rings (SSSR count). The average molecular weight is 300 g/mol. The molecular formula is C13H20N2O4S. The zero-order valence-corrected chi connectivity index (χ0v) is 12.7. The van der Waals surface area contributed by atoms with Gasteiger partial charge in [-0.25, -0.2) is 8.42 Å². The Hall–Kier alpha value is -1.63. The summed E-state index contributed by atoms with van der Waals surface area (Å²) in [4.78, 5) is 10.5. The molecule has 0 saturated carbocycles. The lowest BCUT2D eigenvalue weighted by Crippen LogP contribution is -2.18. The van der Waals surface area contributed by atoms with Gasteiger partial charge in [-0.3, -0.25) is 10.1 Å². The summed E-state index contributed by atoms with van der Waals surface area (Å²) in [6, 6.07) is 4.11. The van der Waals surface area contributed by atoms with Gasteiger partial charge in [-0.2, -0.15) is 0 Å². The van der Waals surface area contributed by atoms with E-state index in [4.69, 9.17) is 0 Å². The van der Waals surface area contributed by atoms with Gasteiger partial charge >= 0.3 is 0 Å². The molecule has 0 radical (unpaired) electrons. The van der Waals surface area contributed by atoms with Crippen molar-refractivity contribution in [3.63, 3.8) is 0 Å². The lowest BCUT2D eigenvalue weighted by atomic mass is 10.1. The molecule has 0 aliphatic carbocycles. The minimum Gasteiger partial charge on any atom is -0.377 e. The standard InChI is InChI=1S/C13H20N2O4S/c1-4-6-10(5-2)14-12-8-7-11(20(3,18)19)9-13(12)15(16)17/h7-10,14H,4-6H2,1-3H3. The van der Waals surface area contributed by atoms with E-state index in [1.807, 2.05) is 13.8 Å². The summed E-state index contributed by atoms with van der Waals surface area (Å²) >= 11 is 0. The number of nitrogens with zero attached hydrogens (tertiary/aromatic N) is 1. The first kappa shape index (κ1) is 16.4. The molecule has 1 unspecified atom stereocenters. The SMILES string of the molecule is CCCC(CC)Nc1ccc(S(C)(=O)=O)cc1[N+](=O)[O-]. The summed E-state index contributed by atoms with van der Waals surface area (Å²) in [5.41, 5.74) is 0.158. The first-order valence-electron chi connectivity index (χ1n) is 6.54. The summed E-state index contributed by atoms with van der Waals surface area (Å²) in [5.74, 6) is 0. The summed E-state index contributed by atoms with van der Waals surface area (Å²) in [7, 11) is -3.45. The molecule has 112 valence electrons. The van der Waals surface area contributed by atoms with Crippen LogP contribution in [0.4, 0.5) is 11.4 Å². The summed E-state index contributed by atoms with van der Waals surface area (Å²) in [6.45, 7) is 4.05. The molecular weight excluding hydrogens is 280 g/mol. The quantitative estimate of drug-likeness (QED) is 0.617. The number of rotatable bonds is 7. The fourth-order valence-electron chi connectivity index (χ4n) is 1.96. The highest BCUT2D eigenvalue weighted by atomic mass is 32.2. The third-order valence-electron chi connectivity index (χ3n) is 3.08. The molecule has 1 aromatic carbocycles. The van der Waals surface area contributed by atoms with Gasteiger partial charge in [-0.15, -0.1) is 0 Å². The van der Waals surface area contributed by atoms with E-state index in [-0.39, 0.29) is 16.6 Å². The second-order valence-corrected chi connectivity index (χ2v) is 6.76. The maximum atomic E-state index is 11.5. The van der Waals surface area contributed by atoms with Gasteiger partial charge in [0.2, 0.25) is 0 Å². The summed E-state index contributed by atoms with van der Waals surface area (Å²) in [5, 5.41) is 14.2. The lowest BCUT2D eigenvalue weighted by Gasteiger charge is -2.17. The number of anilines is 1. The fraction of sp³-hybridized carbons (Fsp3) is 0.538. The highest BCUT2D eigenvalue weighted by Crippen LogP contribution is 2.29. The van der Waals surface area contributed by atoms with E-state index in [0.29, 0.717) is 5.69 Å². The Kier molecular flexibility index (Phi) is 5.50. The van der Waals surface area contributed by atoms with Crippen LogP contribution in [0.25, 0.3) is 0 Å². The predicted molar refractivity (Wildman–Crippen MR) is 78.8 cm³/mol. The van der Waals surface area contributed by atoms with Gasteiger partial charge in [0.15, 0.2) is 9.84 Å². The van der Waals surface area contributed by atoms with Crippen LogP contribution in [0.2, 0.25) is 0 Å². The maximum Gasteiger partial charge on any atom is 0.293 e. The molecule has 7 heteroatoms. The molecule has 0 aliphatic heterocycles. The maximum absolute atomic E-state index is 11.5. The van der Waals surface area contributed by atoms with Crippen LogP contribution in [0.3, 0.4) is 0 Å². The second kappa shape index (κ2) is 6.69. The van der Waals surface area contributed by atoms with Crippen LogP contribution in [0.1, 0.15) is 33.1 Å². The van der Waals surface area contributed by atoms with Gasteiger partial charge in [-0.05, 0) is 25.0 Å². The Balaban J connectivity index is 3.17. The molecule has 0 amide bonds. The van der Waals surface area contributed by atoms with E-state index in [2.05, 4.69) is 5.32 Å². The molecule has 0 bridgehead atoms. The fourth-order valence-corrected chi connectivity index (χ4v) is 2.60. The number of benzene rings is 1. The van der Waals surface area contributed by atoms with Crippen molar-refractivity contribution in [2.45, 2.75) is 44.0 Å². The summed E-state index contributed by atoms with van der Waals surface area (Å²) < 4.78 is 22.9. The first-order valence-corrected chi connectivity index (χ1v) is 8.43. The third kappa shape index (κ3) is 4.19. The monoisotopic (exact) mass is 300 g/mol. The Bertz CT molecular complexity index is 584. The van der Waals surface area contributed by atoms with E-state index in [1.54, 1.807) is 0 Å². The van der Waals surface area contributed by atoms with E-state index < -0.39 is 14.8 Å². The van der Waals surface area contributed by atoms with Crippen molar-refractivity contribution >= 4 is 21.2 Å². The van der Waals surface area contributed by atoms with Gasteiger partial charge in [0.25, 0.3) is 5.69 Å². The average Bonchev–Trinajstić information content (AvgIpc) is 2.36. The van der Waals surface area contributed by atoms with E-state index in [9.17, 15) is 18.5 Å².